The first-order valence-electron chi connectivity index (χ1n) is 7.89. The van der Waals surface area contributed by atoms with Crippen molar-refractivity contribution in [2.24, 2.45) is 0 Å². The maximum atomic E-state index is 12.6. The molecule has 142 valence electrons. The molecule has 1 heterocycles. The maximum absolute atomic E-state index is 12.6. The number of amides is 1. The summed E-state index contributed by atoms with van der Waals surface area (Å²) in [5.41, 5.74) is 0.266. The molecule has 2 atom stereocenters. The molecule has 25 heavy (non-hydrogen) atoms. The van der Waals surface area contributed by atoms with Gasteiger partial charge in [-0.05, 0) is 6.07 Å². The van der Waals surface area contributed by atoms with Gasteiger partial charge in [0.05, 0.1) is 32.6 Å². The number of nitrogens with zero attached hydrogens (tertiary/aromatic N) is 2. The molecule has 2 N–H and O–H groups in total. The number of quaternary nitrogens is 1. The van der Waals surface area contributed by atoms with Crippen LogP contribution in [-0.4, -0.2) is 75.5 Å². The number of likely N-dealkylation sites (N-methyl/N-ethyl adjacent to an activating group) is 1. The number of carbonyl (C=O) groups excluding carboxylic acids is 1. The van der Waals surface area contributed by atoms with E-state index in [4.69, 9.17) is 0 Å². The van der Waals surface area contributed by atoms with Gasteiger partial charge in [-0.2, -0.15) is 4.31 Å². The molecular weight excluding hydrogens is 457 g/mol. The molecule has 2 unspecified atom stereocenters. The highest BCUT2D eigenvalue weighted by molar-refractivity contribution is 7.89. The van der Waals surface area contributed by atoms with E-state index in [1.54, 1.807) is 18.2 Å². The Balaban J connectivity index is 0.00000312. The summed E-state index contributed by atoms with van der Waals surface area (Å²) in [5, 5.41) is 13.2. The Morgan fingerprint density at radius 1 is 1.28 bits per heavy atom. The van der Waals surface area contributed by atoms with E-state index >= 15 is 0 Å². The first-order chi connectivity index (χ1) is 11.1. The molecule has 1 aliphatic rings. The molecule has 0 radical (unpaired) electrons. The molecule has 0 aliphatic carbocycles. The van der Waals surface area contributed by atoms with Gasteiger partial charge in [0, 0.05) is 25.6 Å². The lowest BCUT2D eigenvalue weighted by atomic mass is 10.0. The van der Waals surface area contributed by atoms with E-state index in [0.29, 0.717) is 6.54 Å². The number of rotatable bonds is 5. The van der Waals surface area contributed by atoms with Crippen molar-refractivity contribution in [3.63, 3.8) is 0 Å². The number of carbonyl (C=O) groups is 1. The molecule has 1 amide bonds. The van der Waals surface area contributed by atoms with Crippen molar-refractivity contribution < 1.29 is 46.8 Å². The summed E-state index contributed by atoms with van der Waals surface area (Å²) in [6.45, 7) is 1.32. The zero-order valence-corrected chi connectivity index (χ0v) is 17.9. The second-order valence-electron chi connectivity index (χ2n) is 7.11. The predicted molar refractivity (Wildman–Crippen MR) is 90.7 cm³/mol. The number of hydrogen-bond donors (Lipinski definition) is 2. The van der Waals surface area contributed by atoms with E-state index < -0.39 is 28.1 Å². The predicted octanol–water partition coefficient (Wildman–Crippen LogP) is -3.06. The van der Waals surface area contributed by atoms with E-state index in [9.17, 15) is 18.3 Å². The van der Waals surface area contributed by atoms with Crippen molar-refractivity contribution in [1.82, 2.24) is 9.62 Å². The topological polar surface area (TPSA) is 86.7 Å². The highest BCUT2D eigenvalue weighted by Gasteiger charge is 2.45. The van der Waals surface area contributed by atoms with Crippen LogP contribution in [0.1, 0.15) is 18.1 Å². The highest BCUT2D eigenvalue weighted by atomic mass is 127. The van der Waals surface area contributed by atoms with Crippen LogP contribution in [0.3, 0.4) is 0 Å². The minimum absolute atomic E-state index is 0. The summed E-state index contributed by atoms with van der Waals surface area (Å²) in [5.74, 6) is -0.482. The Bertz CT molecular complexity index is 718. The van der Waals surface area contributed by atoms with Gasteiger partial charge in [-0.25, -0.2) is 8.42 Å². The fourth-order valence-electron chi connectivity index (χ4n) is 2.81. The zero-order valence-electron chi connectivity index (χ0n) is 14.9. The summed E-state index contributed by atoms with van der Waals surface area (Å²) in [6, 6.07) is 5.08. The zero-order chi connectivity index (χ0) is 18.1. The van der Waals surface area contributed by atoms with Crippen molar-refractivity contribution in [2.75, 3.05) is 41.3 Å². The summed E-state index contributed by atoms with van der Waals surface area (Å²) >= 11 is 0. The Morgan fingerprint density at radius 3 is 2.48 bits per heavy atom. The number of sulfonamides is 1. The van der Waals surface area contributed by atoms with Gasteiger partial charge in [-0.15, -0.1) is 0 Å². The molecule has 0 aromatic heterocycles. The van der Waals surface area contributed by atoms with Crippen LogP contribution in [0.25, 0.3) is 0 Å². The summed E-state index contributed by atoms with van der Waals surface area (Å²) in [7, 11) is 3.71. The van der Waals surface area contributed by atoms with Crippen molar-refractivity contribution in [2.45, 2.75) is 23.5 Å². The summed E-state index contributed by atoms with van der Waals surface area (Å²) in [6.07, 6.45) is -0.418. The standard InChI is InChI=1S/C16H25N3O4S.HI/c1-18-14(16(21)17-10-7-11-19(2,3)4)15(20)12-8-5-6-9-13(12)24(18,22)23;/h5-6,8-9,14-15,20H,7,10-11H2,1-4H3;1H. The smallest absolute Gasteiger partial charge is 0.244 e. The fourth-order valence-corrected chi connectivity index (χ4v) is 4.37. The van der Waals surface area contributed by atoms with Crippen LogP contribution in [0, 0.1) is 0 Å². The summed E-state index contributed by atoms with van der Waals surface area (Å²) < 4.78 is 26.9. The van der Waals surface area contributed by atoms with Crippen LogP contribution in [0.15, 0.2) is 29.2 Å². The number of benzene rings is 1. The molecule has 7 nitrogen and oxygen atoms in total. The van der Waals surface area contributed by atoms with Gasteiger partial charge >= 0.3 is 0 Å². The highest BCUT2D eigenvalue weighted by Crippen LogP contribution is 2.35. The molecule has 0 spiro atoms. The quantitative estimate of drug-likeness (QED) is 0.265. The molecule has 2 rings (SSSR count). The molecule has 0 bridgehead atoms. The number of halogens is 1. The number of aliphatic hydroxyl groups is 1. The average molecular weight is 483 g/mol. The largest absolute Gasteiger partial charge is 1.00 e. The van der Waals surface area contributed by atoms with Crippen LogP contribution in [0.2, 0.25) is 0 Å². The molecule has 1 aromatic carbocycles. The third-order valence-corrected chi connectivity index (χ3v) is 6.07. The van der Waals surface area contributed by atoms with Gasteiger partial charge in [-0.1, -0.05) is 18.2 Å². The van der Waals surface area contributed by atoms with Gasteiger partial charge in [0.2, 0.25) is 15.9 Å². The van der Waals surface area contributed by atoms with Crippen LogP contribution in [0.4, 0.5) is 0 Å². The second-order valence-corrected chi connectivity index (χ2v) is 9.07. The van der Waals surface area contributed by atoms with Crippen LogP contribution < -0.4 is 29.3 Å². The molecular formula is C16H26IN3O4S. The first-order valence-corrected chi connectivity index (χ1v) is 9.33. The number of aliphatic hydroxyl groups excluding tert-OH is 1. The van der Waals surface area contributed by atoms with Crippen LogP contribution >= 0.6 is 0 Å². The molecule has 9 heteroatoms. The van der Waals surface area contributed by atoms with E-state index in [1.807, 2.05) is 0 Å². The number of fused-ring (bicyclic) bond motifs is 1. The lowest BCUT2D eigenvalue weighted by molar-refractivity contribution is -0.870. The Morgan fingerprint density at radius 2 is 1.88 bits per heavy atom. The molecule has 0 saturated heterocycles. The molecule has 1 aliphatic heterocycles. The first kappa shape index (κ1) is 22.3. The number of hydrogen-bond acceptors (Lipinski definition) is 4. The average Bonchev–Trinajstić information content (AvgIpc) is 2.49. The minimum atomic E-state index is -3.79. The van der Waals surface area contributed by atoms with Crippen molar-refractivity contribution >= 4 is 15.9 Å². The maximum Gasteiger partial charge on any atom is 0.244 e. The van der Waals surface area contributed by atoms with E-state index in [-0.39, 0.29) is 34.4 Å². The summed E-state index contributed by atoms with van der Waals surface area (Å²) in [4.78, 5) is 12.5. The fraction of sp³-hybridized carbons (Fsp3) is 0.562. The monoisotopic (exact) mass is 483 g/mol. The third kappa shape index (κ3) is 4.91. The van der Waals surface area contributed by atoms with Crippen LogP contribution in [0.5, 0.6) is 0 Å². The van der Waals surface area contributed by atoms with Gasteiger partial charge < -0.3 is 38.9 Å². The van der Waals surface area contributed by atoms with Crippen molar-refractivity contribution in [1.29, 1.82) is 0 Å². The van der Waals surface area contributed by atoms with Crippen molar-refractivity contribution in [3.05, 3.63) is 29.8 Å². The lowest BCUT2D eigenvalue weighted by Gasteiger charge is -2.36. The van der Waals surface area contributed by atoms with Gasteiger partial charge in [0.25, 0.3) is 0 Å². The minimum Gasteiger partial charge on any atom is -1.00 e. The van der Waals surface area contributed by atoms with E-state index in [0.717, 1.165) is 21.8 Å². The van der Waals surface area contributed by atoms with Gasteiger partial charge in [0.15, 0.2) is 0 Å². The SMILES string of the molecule is CN1C(C(=O)NCCC[N+](C)(C)C)C(O)c2ccccc2S1(=O)=O.[I-]. The molecule has 1 aromatic rings. The van der Waals surface area contributed by atoms with E-state index in [2.05, 4.69) is 26.5 Å². The van der Waals surface area contributed by atoms with Gasteiger partial charge in [0.1, 0.15) is 12.1 Å². The number of nitrogens with one attached hydrogen (secondary N) is 1. The molecule has 0 fully saturated rings. The third-order valence-electron chi connectivity index (χ3n) is 4.16. The van der Waals surface area contributed by atoms with Gasteiger partial charge in [-0.3, -0.25) is 4.79 Å². The lowest BCUT2D eigenvalue weighted by Crippen LogP contribution is -3.00. The normalized spacial score (nSPS) is 22.6. The Labute approximate surface area is 166 Å². The van der Waals surface area contributed by atoms with Crippen molar-refractivity contribution in [3.8, 4) is 0 Å². The van der Waals surface area contributed by atoms with Crippen LogP contribution in [-0.2, 0) is 14.8 Å². The second kappa shape index (κ2) is 8.30. The Hall–Kier alpha value is -0.750. The molecule has 0 saturated carbocycles. The van der Waals surface area contributed by atoms with E-state index in [1.165, 1.54) is 13.1 Å². The Kier molecular flexibility index (Phi) is 7.40.